The summed E-state index contributed by atoms with van der Waals surface area (Å²) in [5.74, 6) is 1.90. The Labute approximate surface area is 167 Å². The normalized spacial score (nSPS) is 12.1. The standard InChI is InChI=1S/C17H29N3O4.HI/c1-5-18-17(19-9-10-24-6-2)20-12-15(21)14-11-13(22-3)7-8-16(14)23-4;/h7-8,11,15,21H,5-6,9-10,12H2,1-4H3,(H2,18,19,20);1H. The number of hydrogen-bond acceptors (Lipinski definition) is 5. The maximum Gasteiger partial charge on any atom is 0.191 e. The summed E-state index contributed by atoms with van der Waals surface area (Å²) in [5.41, 5.74) is 0.644. The summed E-state index contributed by atoms with van der Waals surface area (Å²) in [6, 6.07) is 5.32. The molecule has 0 saturated heterocycles. The van der Waals surface area contributed by atoms with Gasteiger partial charge in [-0.2, -0.15) is 0 Å². The Morgan fingerprint density at radius 2 is 1.96 bits per heavy atom. The highest BCUT2D eigenvalue weighted by Gasteiger charge is 2.14. The average Bonchev–Trinajstić information content (AvgIpc) is 2.62. The lowest BCUT2D eigenvalue weighted by Crippen LogP contribution is -2.39. The molecule has 0 spiro atoms. The number of aliphatic imine (C=N–C) groups is 1. The Morgan fingerprint density at radius 1 is 1.20 bits per heavy atom. The monoisotopic (exact) mass is 467 g/mol. The van der Waals surface area contributed by atoms with Gasteiger partial charge in [0.25, 0.3) is 0 Å². The second-order valence-corrected chi connectivity index (χ2v) is 4.97. The van der Waals surface area contributed by atoms with E-state index in [-0.39, 0.29) is 30.5 Å². The van der Waals surface area contributed by atoms with Crippen molar-refractivity contribution in [1.82, 2.24) is 10.6 Å². The molecule has 8 heteroatoms. The van der Waals surface area contributed by atoms with Crippen LogP contribution >= 0.6 is 24.0 Å². The van der Waals surface area contributed by atoms with Gasteiger partial charge in [-0.25, -0.2) is 0 Å². The van der Waals surface area contributed by atoms with Crippen LogP contribution in [0.4, 0.5) is 0 Å². The van der Waals surface area contributed by atoms with Crippen molar-refractivity contribution in [2.24, 2.45) is 4.99 Å². The second kappa shape index (κ2) is 14.0. The van der Waals surface area contributed by atoms with Crippen molar-refractivity contribution in [2.45, 2.75) is 20.0 Å². The van der Waals surface area contributed by atoms with Crippen molar-refractivity contribution < 1.29 is 19.3 Å². The van der Waals surface area contributed by atoms with Crippen molar-refractivity contribution >= 4 is 29.9 Å². The van der Waals surface area contributed by atoms with Gasteiger partial charge in [0.1, 0.15) is 17.6 Å². The third kappa shape index (κ3) is 8.59. The number of rotatable bonds is 10. The number of methoxy groups -OCH3 is 2. The Hall–Kier alpha value is -1.26. The Kier molecular flexibility index (Phi) is 13.3. The number of benzene rings is 1. The van der Waals surface area contributed by atoms with E-state index in [1.165, 1.54) is 0 Å². The molecule has 0 aliphatic carbocycles. The molecule has 1 unspecified atom stereocenters. The van der Waals surface area contributed by atoms with Crippen molar-refractivity contribution in [3.63, 3.8) is 0 Å². The van der Waals surface area contributed by atoms with Gasteiger partial charge < -0.3 is 30.0 Å². The molecule has 25 heavy (non-hydrogen) atoms. The third-order valence-corrected chi connectivity index (χ3v) is 3.31. The third-order valence-electron chi connectivity index (χ3n) is 3.31. The molecule has 0 aromatic heterocycles. The van der Waals surface area contributed by atoms with E-state index in [0.717, 1.165) is 6.54 Å². The van der Waals surface area contributed by atoms with Crippen molar-refractivity contribution in [3.05, 3.63) is 23.8 Å². The molecule has 1 aromatic carbocycles. The number of halogens is 1. The number of ether oxygens (including phenoxy) is 3. The summed E-state index contributed by atoms with van der Waals surface area (Å²) in [6.45, 7) is 6.82. The van der Waals surface area contributed by atoms with E-state index in [4.69, 9.17) is 14.2 Å². The molecule has 0 saturated carbocycles. The molecular weight excluding hydrogens is 437 g/mol. The van der Waals surface area contributed by atoms with Crippen LogP contribution in [0.15, 0.2) is 23.2 Å². The molecule has 144 valence electrons. The summed E-state index contributed by atoms with van der Waals surface area (Å²) < 4.78 is 15.8. The number of aliphatic hydroxyl groups excluding tert-OH is 1. The minimum Gasteiger partial charge on any atom is -0.497 e. The number of guanidine groups is 1. The zero-order valence-corrected chi connectivity index (χ0v) is 17.7. The summed E-state index contributed by atoms with van der Waals surface area (Å²) >= 11 is 0. The highest BCUT2D eigenvalue weighted by Crippen LogP contribution is 2.29. The van der Waals surface area contributed by atoms with E-state index in [1.54, 1.807) is 32.4 Å². The van der Waals surface area contributed by atoms with E-state index in [9.17, 15) is 5.11 Å². The van der Waals surface area contributed by atoms with Crippen LogP contribution in [0.25, 0.3) is 0 Å². The van der Waals surface area contributed by atoms with Gasteiger partial charge in [0.2, 0.25) is 0 Å². The topological polar surface area (TPSA) is 84.3 Å². The lowest BCUT2D eigenvalue weighted by Gasteiger charge is -2.16. The highest BCUT2D eigenvalue weighted by molar-refractivity contribution is 14.0. The van der Waals surface area contributed by atoms with Crippen LogP contribution < -0.4 is 20.1 Å². The number of hydrogen-bond donors (Lipinski definition) is 3. The van der Waals surface area contributed by atoms with Crippen LogP contribution in [0, 0.1) is 0 Å². The Balaban J connectivity index is 0.00000576. The molecule has 1 rings (SSSR count). The van der Waals surface area contributed by atoms with Gasteiger partial charge in [0.05, 0.1) is 27.4 Å². The van der Waals surface area contributed by atoms with Crippen LogP contribution in [0.3, 0.4) is 0 Å². The first kappa shape index (κ1) is 23.7. The Morgan fingerprint density at radius 3 is 2.56 bits per heavy atom. The van der Waals surface area contributed by atoms with Crippen LogP contribution in [0.2, 0.25) is 0 Å². The van der Waals surface area contributed by atoms with E-state index in [2.05, 4.69) is 15.6 Å². The van der Waals surface area contributed by atoms with Crippen LogP contribution in [-0.2, 0) is 4.74 Å². The molecule has 0 bridgehead atoms. The summed E-state index contributed by atoms with van der Waals surface area (Å²) in [7, 11) is 3.16. The zero-order chi connectivity index (χ0) is 17.8. The predicted octanol–water partition coefficient (Wildman–Crippen LogP) is 1.95. The molecule has 0 aliphatic heterocycles. The van der Waals surface area contributed by atoms with Gasteiger partial charge >= 0.3 is 0 Å². The van der Waals surface area contributed by atoms with Crippen molar-refractivity contribution in [3.8, 4) is 11.5 Å². The fraction of sp³-hybridized carbons (Fsp3) is 0.588. The molecule has 0 heterocycles. The molecular formula is C17H30IN3O4. The second-order valence-electron chi connectivity index (χ2n) is 4.97. The molecule has 1 atom stereocenters. The van der Waals surface area contributed by atoms with Crippen LogP contribution in [-0.4, -0.2) is 58.1 Å². The van der Waals surface area contributed by atoms with Crippen LogP contribution in [0.1, 0.15) is 25.5 Å². The van der Waals surface area contributed by atoms with E-state index in [0.29, 0.717) is 42.8 Å². The molecule has 0 aliphatic rings. The SMILES string of the molecule is CCNC(=NCC(O)c1cc(OC)ccc1OC)NCCOCC.I. The molecule has 3 N–H and O–H groups in total. The molecule has 0 amide bonds. The zero-order valence-electron chi connectivity index (χ0n) is 15.4. The fourth-order valence-electron chi connectivity index (χ4n) is 2.10. The first-order valence-electron chi connectivity index (χ1n) is 8.16. The summed E-state index contributed by atoms with van der Waals surface area (Å²) in [4.78, 5) is 4.41. The lowest BCUT2D eigenvalue weighted by molar-refractivity contribution is 0.152. The lowest BCUT2D eigenvalue weighted by atomic mass is 10.1. The minimum atomic E-state index is -0.794. The van der Waals surface area contributed by atoms with Gasteiger partial charge in [0.15, 0.2) is 5.96 Å². The van der Waals surface area contributed by atoms with E-state index in [1.807, 2.05) is 13.8 Å². The average molecular weight is 467 g/mol. The highest BCUT2D eigenvalue weighted by atomic mass is 127. The molecule has 7 nitrogen and oxygen atoms in total. The number of aliphatic hydroxyl groups is 1. The van der Waals surface area contributed by atoms with Gasteiger partial charge in [-0.15, -0.1) is 24.0 Å². The first-order valence-corrected chi connectivity index (χ1v) is 8.16. The predicted molar refractivity (Wildman–Crippen MR) is 110 cm³/mol. The minimum absolute atomic E-state index is 0. The van der Waals surface area contributed by atoms with Gasteiger partial charge in [-0.3, -0.25) is 4.99 Å². The smallest absolute Gasteiger partial charge is 0.191 e. The summed E-state index contributed by atoms with van der Waals surface area (Å²) in [5, 5.41) is 16.8. The van der Waals surface area contributed by atoms with E-state index < -0.39 is 6.10 Å². The van der Waals surface area contributed by atoms with Gasteiger partial charge in [0, 0.05) is 25.3 Å². The Bertz CT molecular complexity index is 515. The molecule has 0 fully saturated rings. The number of nitrogens with one attached hydrogen (secondary N) is 2. The number of nitrogens with zero attached hydrogens (tertiary/aromatic N) is 1. The first-order chi connectivity index (χ1) is 11.7. The van der Waals surface area contributed by atoms with Crippen molar-refractivity contribution in [2.75, 3.05) is 47.1 Å². The largest absolute Gasteiger partial charge is 0.497 e. The maximum absolute atomic E-state index is 10.5. The molecule has 0 radical (unpaired) electrons. The summed E-state index contributed by atoms with van der Waals surface area (Å²) in [6.07, 6.45) is -0.794. The van der Waals surface area contributed by atoms with E-state index >= 15 is 0 Å². The molecule has 1 aromatic rings. The van der Waals surface area contributed by atoms with Crippen molar-refractivity contribution in [1.29, 1.82) is 0 Å². The quantitative estimate of drug-likeness (QED) is 0.211. The van der Waals surface area contributed by atoms with Gasteiger partial charge in [-0.05, 0) is 32.0 Å². The maximum atomic E-state index is 10.5. The van der Waals surface area contributed by atoms with Gasteiger partial charge in [-0.1, -0.05) is 0 Å². The fourth-order valence-corrected chi connectivity index (χ4v) is 2.10. The van der Waals surface area contributed by atoms with Crippen LogP contribution in [0.5, 0.6) is 11.5 Å².